The van der Waals surface area contributed by atoms with E-state index in [0.29, 0.717) is 17.4 Å². The van der Waals surface area contributed by atoms with E-state index in [1.807, 2.05) is 25.1 Å². The van der Waals surface area contributed by atoms with Gasteiger partial charge in [0.2, 0.25) is 0 Å². The van der Waals surface area contributed by atoms with Crippen LogP contribution in [0.1, 0.15) is 11.5 Å². The predicted molar refractivity (Wildman–Crippen MR) is 77.0 cm³/mol. The van der Waals surface area contributed by atoms with E-state index < -0.39 is 0 Å². The van der Waals surface area contributed by atoms with Gasteiger partial charge in [0.1, 0.15) is 5.82 Å². The van der Waals surface area contributed by atoms with Gasteiger partial charge >= 0.3 is 4.87 Å². The van der Waals surface area contributed by atoms with Crippen molar-refractivity contribution >= 4 is 33.2 Å². The molecule has 19 heavy (non-hydrogen) atoms. The van der Waals surface area contributed by atoms with Gasteiger partial charge in [0, 0.05) is 11.2 Å². The van der Waals surface area contributed by atoms with E-state index in [1.54, 1.807) is 16.8 Å². The minimum absolute atomic E-state index is 0.00599. The summed E-state index contributed by atoms with van der Waals surface area (Å²) in [7, 11) is 0. The van der Waals surface area contributed by atoms with Gasteiger partial charge in [0.15, 0.2) is 0 Å². The SMILES string of the molecule is Cc1nccc(Cn2c(=O)sc3ccc(Cl)cc32)n1. The van der Waals surface area contributed by atoms with E-state index in [0.717, 1.165) is 15.9 Å². The molecule has 0 saturated carbocycles. The molecule has 0 aliphatic carbocycles. The number of aryl methyl sites for hydroxylation is 1. The van der Waals surface area contributed by atoms with E-state index in [4.69, 9.17) is 11.6 Å². The van der Waals surface area contributed by atoms with E-state index in [-0.39, 0.29) is 4.87 Å². The summed E-state index contributed by atoms with van der Waals surface area (Å²) in [5.41, 5.74) is 1.66. The highest BCUT2D eigenvalue weighted by atomic mass is 35.5. The van der Waals surface area contributed by atoms with Crippen molar-refractivity contribution in [2.24, 2.45) is 0 Å². The number of hydrogen-bond donors (Lipinski definition) is 0. The van der Waals surface area contributed by atoms with Crippen LogP contribution in [0.25, 0.3) is 10.2 Å². The summed E-state index contributed by atoms with van der Waals surface area (Å²) < 4.78 is 2.62. The average Bonchev–Trinajstić information content (AvgIpc) is 2.66. The number of aromatic nitrogens is 3. The van der Waals surface area contributed by atoms with Gasteiger partial charge < -0.3 is 0 Å². The molecule has 0 N–H and O–H groups in total. The van der Waals surface area contributed by atoms with Crippen LogP contribution in [0, 0.1) is 6.92 Å². The molecule has 2 aromatic heterocycles. The molecular formula is C13H10ClN3OS. The number of hydrogen-bond acceptors (Lipinski definition) is 4. The third-order valence-corrected chi connectivity index (χ3v) is 3.98. The van der Waals surface area contributed by atoms with Gasteiger partial charge in [-0.15, -0.1) is 0 Å². The third kappa shape index (κ3) is 2.39. The predicted octanol–water partition coefficient (Wildman–Crippen LogP) is 2.86. The Morgan fingerprint density at radius 2 is 2.21 bits per heavy atom. The monoisotopic (exact) mass is 291 g/mol. The van der Waals surface area contributed by atoms with Crippen LogP contribution in [0.2, 0.25) is 5.02 Å². The van der Waals surface area contributed by atoms with Gasteiger partial charge in [-0.25, -0.2) is 9.97 Å². The summed E-state index contributed by atoms with van der Waals surface area (Å²) in [4.78, 5) is 20.4. The second kappa shape index (κ2) is 4.75. The lowest BCUT2D eigenvalue weighted by atomic mass is 10.3. The molecule has 96 valence electrons. The zero-order valence-electron chi connectivity index (χ0n) is 10.1. The first kappa shape index (κ1) is 12.3. The molecule has 0 saturated heterocycles. The number of benzene rings is 1. The van der Waals surface area contributed by atoms with Crippen molar-refractivity contribution in [3.8, 4) is 0 Å². The Morgan fingerprint density at radius 1 is 1.37 bits per heavy atom. The minimum Gasteiger partial charge on any atom is -0.293 e. The smallest absolute Gasteiger partial charge is 0.293 e. The van der Waals surface area contributed by atoms with E-state index in [9.17, 15) is 4.79 Å². The Hall–Kier alpha value is -1.72. The number of nitrogens with zero attached hydrogens (tertiary/aromatic N) is 3. The molecule has 0 atom stereocenters. The summed E-state index contributed by atoms with van der Waals surface area (Å²) in [6, 6.07) is 7.28. The molecule has 0 fully saturated rings. The maximum Gasteiger partial charge on any atom is 0.308 e. The summed E-state index contributed by atoms with van der Waals surface area (Å²) in [5.74, 6) is 0.697. The number of thiazole rings is 1. The Bertz CT molecular complexity index is 809. The standard InChI is InChI=1S/C13H10ClN3OS/c1-8-15-5-4-10(16-8)7-17-11-6-9(14)2-3-12(11)19-13(17)18/h2-6H,7H2,1H3. The normalized spacial score (nSPS) is 11.1. The fraction of sp³-hybridized carbons (Fsp3) is 0.154. The Morgan fingerprint density at radius 3 is 3.00 bits per heavy atom. The maximum absolute atomic E-state index is 12.0. The quantitative estimate of drug-likeness (QED) is 0.729. The summed E-state index contributed by atoms with van der Waals surface area (Å²) in [5, 5.41) is 0.623. The topological polar surface area (TPSA) is 47.8 Å². The lowest BCUT2D eigenvalue weighted by Crippen LogP contribution is -2.14. The van der Waals surface area contributed by atoms with Gasteiger partial charge in [-0.3, -0.25) is 9.36 Å². The molecular weight excluding hydrogens is 282 g/mol. The van der Waals surface area contributed by atoms with Gasteiger partial charge in [0.05, 0.1) is 22.5 Å². The highest BCUT2D eigenvalue weighted by Gasteiger charge is 2.09. The molecule has 0 unspecified atom stereocenters. The lowest BCUT2D eigenvalue weighted by molar-refractivity contribution is 0.777. The van der Waals surface area contributed by atoms with Gasteiger partial charge in [0.25, 0.3) is 0 Å². The summed E-state index contributed by atoms with van der Waals surface area (Å²) >= 11 is 7.21. The van der Waals surface area contributed by atoms with E-state index in [1.165, 1.54) is 11.3 Å². The molecule has 0 spiro atoms. The summed E-state index contributed by atoms with van der Waals surface area (Å²) in [6.45, 7) is 2.26. The second-order valence-corrected chi connectivity index (χ2v) is 5.59. The first-order valence-corrected chi connectivity index (χ1v) is 6.90. The number of rotatable bonds is 2. The Balaban J connectivity index is 2.12. The number of halogens is 1. The van der Waals surface area contributed by atoms with Crippen molar-refractivity contribution in [3.05, 3.63) is 56.7 Å². The van der Waals surface area contributed by atoms with Crippen molar-refractivity contribution < 1.29 is 0 Å². The Labute approximate surface area is 118 Å². The van der Waals surface area contributed by atoms with Crippen molar-refractivity contribution in [1.82, 2.24) is 14.5 Å². The molecule has 0 amide bonds. The summed E-state index contributed by atoms with van der Waals surface area (Å²) in [6.07, 6.45) is 1.70. The molecule has 3 rings (SSSR count). The minimum atomic E-state index is -0.00599. The van der Waals surface area contributed by atoms with Crippen molar-refractivity contribution in [2.45, 2.75) is 13.5 Å². The van der Waals surface area contributed by atoms with Gasteiger partial charge in [-0.1, -0.05) is 22.9 Å². The van der Waals surface area contributed by atoms with Crippen LogP contribution < -0.4 is 4.87 Å². The van der Waals surface area contributed by atoms with E-state index in [2.05, 4.69) is 9.97 Å². The first-order chi connectivity index (χ1) is 9.13. The van der Waals surface area contributed by atoms with Crippen LogP contribution in [-0.2, 0) is 6.54 Å². The fourth-order valence-corrected chi connectivity index (χ4v) is 2.98. The first-order valence-electron chi connectivity index (χ1n) is 5.71. The lowest BCUT2D eigenvalue weighted by Gasteiger charge is -2.04. The molecule has 0 radical (unpaired) electrons. The largest absolute Gasteiger partial charge is 0.308 e. The average molecular weight is 292 g/mol. The van der Waals surface area contributed by atoms with Crippen LogP contribution in [-0.4, -0.2) is 14.5 Å². The molecule has 1 aromatic carbocycles. The molecule has 0 aliphatic heterocycles. The zero-order chi connectivity index (χ0) is 13.4. The zero-order valence-corrected chi connectivity index (χ0v) is 11.7. The maximum atomic E-state index is 12.0. The fourth-order valence-electron chi connectivity index (χ4n) is 1.94. The van der Waals surface area contributed by atoms with Crippen molar-refractivity contribution in [1.29, 1.82) is 0 Å². The molecule has 4 nitrogen and oxygen atoms in total. The molecule has 0 aliphatic rings. The van der Waals surface area contributed by atoms with Crippen LogP contribution in [0.15, 0.2) is 35.3 Å². The molecule has 6 heteroatoms. The molecule has 2 heterocycles. The Kier molecular flexibility index (Phi) is 3.08. The van der Waals surface area contributed by atoms with Crippen molar-refractivity contribution in [3.63, 3.8) is 0 Å². The van der Waals surface area contributed by atoms with Crippen molar-refractivity contribution in [2.75, 3.05) is 0 Å². The van der Waals surface area contributed by atoms with Crippen LogP contribution in [0.4, 0.5) is 0 Å². The van der Waals surface area contributed by atoms with Gasteiger partial charge in [-0.05, 0) is 31.2 Å². The molecule has 0 bridgehead atoms. The van der Waals surface area contributed by atoms with Crippen LogP contribution in [0.3, 0.4) is 0 Å². The van der Waals surface area contributed by atoms with Crippen LogP contribution >= 0.6 is 22.9 Å². The number of fused-ring (bicyclic) bond motifs is 1. The van der Waals surface area contributed by atoms with Gasteiger partial charge in [-0.2, -0.15) is 0 Å². The third-order valence-electron chi connectivity index (χ3n) is 2.78. The van der Waals surface area contributed by atoms with E-state index >= 15 is 0 Å². The van der Waals surface area contributed by atoms with Crippen LogP contribution in [0.5, 0.6) is 0 Å². The second-order valence-electron chi connectivity index (χ2n) is 4.16. The highest BCUT2D eigenvalue weighted by Crippen LogP contribution is 2.22. The molecule has 3 aromatic rings. The highest BCUT2D eigenvalue weighted by molar-refractivity contribution is 7.16.